The van der Waals surface area contributed by atoms with Gasteiger partial charge in [0.2, 0.25) is 5.95 Å². The monoisotopic (exact) mass is 332 g/mol. The average molecular weight is 332 g/mol. The second-order valence-electron chi connectivity index (χ2n) is 5.98. The third kappa shape index (κ3) is 4.20. The Balaban J connectivity index is 1.82. The van der Waals surface area contributed by atoms with E-state index in [4.69, 9.17) is 0 Å². The van der Waals surface area contributed by atoms with Crippen LogP contribution in [0.25, 0.3) is 0 Å². The summed E-state index contributed by atoms with van der Waals surface area (Å²) in [5.41, 5.74) is 4.87. The SMILES string of the molecule is Cc1ccc(Nc2nc(C)cc(C(=O)Nc3ccccc3C)n2)cc1. The number of amides is 1. The molecule has 0 spiro atoms. The lowest BCUT2D eigenvalue weighted by molar-refractivity contribution is 0.102. The molecule has 2 aromatic carbocycles. The molecule has 0 aliphatic heterocycles. The lowest BCUT2D eigenvalue weighted by Crippen LogP contribution is -2.16. The van der Waals surface area contributed by atoms with Crippen LogP contribution in [0.4, 0.5) is 17.3 Å². The number of para-hydroxylation sites is 1. The molecule has 3 aromatic rings. The number of anilines is 3. The maximum absolute atomic E-state index is 12.5. The minimum atomic E-state index is -0.258. The summed E-state index contributed by atoms with van der Waals surface area (Å²) < 4.78 is 0. The molecule has 5 nitrogen and oxygen atoms in total. The van der Waals surface area contributed by atoms with Crippen LogP contribution in [-0.2, 0) is 0 Å². The van der Waals surface area contributed by atoms with Crippen molar-refractivity contribution in [1.82, 2.24) is 9.97 Å². The number of nitrogens with one attached hydrogen (secondary N) is 2. The normalized spacial score (nSPS) is 10.4. The molecule has 25 heavy (non-hydrogen) atoms. The Labute approximate surface area is 147 Å². The fraction of sp³-hybridized carbons (Fsp3) is 0.150. The van der Waals surface area contributed by atoms with Crippen molar-refractivity contribution in [2.75, 3.05) is 10.6 Å². The Morgan fingerprint density at radius 3 is 2.36 bits per heavy atom. The average Bonchev–Trinajstić information content (AvgIpc) is 2.58. The van der Waals surface area contributed by atoms with E-state index in [9.17, 15) is 4.79 Å². The van der Waals surface area contributed by atoms with Gasteiger partial charge in [-0.25, -0.2) is 9.97 Å². The molecule has 0 radical (unpaired) electrons. The summed E-state index contributed by atoms with van der Waals surface area (Å²) in [5, 5.41) is 6.04. The molecule has 0 saturated carbocycles. The number of hydrogen-bond acceptors (Lipinski definition) is 4. The van der Waals surface area contributed by atoms with Crippen LogP contribution in [-0.4, -0.2) is 15.9 Å². The molecule has 1 heterocycles. The fourth-order valence-electron chi connectivity index (χ4n) is 2.41. The predicted molar refractivity (Wildman–Crippen MR) is 100 cm³/mol. The van der Waals surface area contributed by atoms with Crippen molar-refractivity contribution in [3.05, 3.63) is 77.1 Å². The number of aryl methyl sites for hydroxylation is 3. The highest BCUT2D eigenvalue weighted by Gasteiger charge is 2.12. The molecule has 0 unspecified atom stereocenters. The maximum Gasteiger partial charge on any atom is 0.274 e. The Kier molecular flexibility index (Phi) is 4.75. The molecule has 1 amide bonds. The summed E-state index contributed by atoms with van der Waals surface area (Å²) in [6, 6.07) is 17.2. The van der Waals surface area contributed by atoms with E-state index in [1.54, 1.807) is 6.07 Å². The van der Waals surface area contributed by atoms with E-state index >= 15 is 0 Å². The molecule has 2 N–H and O–H groups in total. The van der Waals surface area contributed by atoms with Gasteiger partial charge in [-0.05, 0) is 50.6 Å². The molecule has 3 rings (SSSR count). The highest BCUT2D eigenvalue weighted by Crippen LogP contribution is 2.17. The molecule has 5 heteroatoms. The molecule has 0 fully saturated rings. The van der Waals surface area contributed by atoms with E-state index in [1.807, 2.05) is 69.3 Å². The number of carbonyl (C=O) groups excluding carboxylic acids is 1. The summed E-state index contributed by atoms with van der Waals surface area (Å²) in [5.74, 6) is 0.144. The smallest absolute Gasteiger partial charge is 0.274 e. The van der Waals surface area contributed by atoms with Crippen molar-refractivity contribution < 1.29 is 4.79 Å². The number of aromatic nitrogens is 2. The van der Waals surface area contributed by atoms with E-state index in [-0.39, 0.29) is 5.91 Å². The second kappa shape index (κ2) is 7.13. The van der Waals surface area contributed by atoms with Crippen LogP contribution in [0.15, 0.2) is 54.6 Å². The molecular weight excluding hydrogens is 312 g/mol. The van der Waals surface area contributed by atoms with E-state index < -0.39 is 0 Å². The molecule has 126 valence electrons. The quantitative estimate of drug-likeness (QED) is 0.743. The highest BCUT2D eigenvalue weighted by molar-refractivity contribution is 6.03. The van der Waals surface area contributed by atoms with Crippen LogP contribution in [0.3, 0.4) is 0 Å². The van der Waals surface area contributed by atoms with Crippen molar-refractivity contribution in [2.45, 2.75) is 20.8 Å². The predicted octanol–water partition coefficient (Wildman–Crippen LogP) is 4.40. The van der Waals surface area contributed by atoms with Gasteiger partial charge in [-0.1, -0.05) is 35.9 Å². The summed E-state index contributed by atoms with van der Waals surface area (Å²) in [7, 11) is 0. The van der Waals surface area contributed by atoms with Crippen molar-refractivity contribution in [2.24, 2.45) is 0 Å². The largest absolute Gasteiger partial charge is 0.324 e. The standard InChI is InChI=1S/C20H20N4O/c1-13-8-10-16(11-9-13)22-20-21-15(3)12-18(24-20)19(25)23-17-7-5-4-6-14(17)2/h4-12H,1-3H3,(H,23,25)(H,21,22,24). The topological polar surface area (TPSA) is 66.9 Å². The number of hydrogen-bond donors (Lipinski definition) is 2. The van der Waals surface area contributed by atoms with Gasteiger partial charge in [0, 0.05) is 17.1 Å². The maximum atomic E-state index is 12.5. The van der Waals surface area contributed by atoms with Gasteiger partial charge in [0.1, 0.15) is 5.69 Å². The number of benzene rings is 2. The Bertz CT molecular complexity index is 904. The molecular formula is C20H20N4O. The van der Waals surface area contributed by atoms with Gasteiger partial charge in [-0.15, -0.1) is 0 Å². The van der Waals surface area contributed by atoms with Crippen molar-refractivity contribution in [1.29, 1.82) is 0 Å². The van der Waals surface area contributed by atoms with Gasteiger partial charge in [0.05, 0.1) is 0 Å². The molecule has 1 aromatic heterocycles. The Morgan fingerprint density at radius 2 is 1.64 bits per heavy atom. The summed E-state index contributed by atoms with van der Waals surface area (Å²) >= 11 is 0. The minimum Gasteiger partial charge on any atom is -0.324 e. The summed E-state index contributed by atoms with van der Waals surface area (Å²) in [4.78, 5) is 21.2. The van der Waals surface area contributed by atoms with E-state index in [0.717, 1.165) is 22.6 Å². The van der Waals surface area contributed by atoms with Crippen molar-refractivity contribution >= 4 is 23.2 Å². The van der Waals surface area contributed by atoms with Crippen LogP contribution < -0.4 is 10.6 Å². The zero-order valence-electron chi connectivity index (χ0n) is 14.5. The van der Waals surface area contributed by atoms with Gasteiger partial charge < -0.3 is 10.6 Å². The molecule has 0 bridgehead atoms. The van der Waals surface area contributed by atoms with Crippen molar-refractivity contribution in [3.8, 4) is 0 Å². The molecule has 0 atom stereocenters. The van der Waals surface area contributed by atoms with Crippen molar-refractivity contribution in [3.63, 3.8) is 0 Å². The van der Waals surface area contributed by atoms with Gasteiger partial charge >= 0.3 is 0 Å². The van der Waals surface area contributed by atoms with E-state index in [2.05, 4.69) is 20.6 Å². The minimum absolute atomic E-state index is 0.258. The fourth-order valence-corrected chi connectivity index (χ4v) is 2.41. The van der Waals surface area contributed by atoms with Crippen LogP contribution in [0, 0.1) is 20.8 Å². The molecule has 0 aliphatic carbocycles. The first-order valence-corrected chi connectivity index (χ1v) is 8.07. The van der Waals surface area contributed by atoms with Gasteiger partial charge in [-0.3, -0.25) is 4.79 Å². The summed E-state index contributed by atoms with van der Waals surface area (Å²) in [6.45, 7) is 5.82. The first-order chi connectivity index (χ1) is 12.0. The first-order valence-electron chi connectivity index (χ1n) is 8.07. The zero-order valence-corrected chi connectivity index (χ0v) is 14.5. The number of carbonyl (C=O) groups is 1. The molecule has 0 saturated heterocycles. The Hall–Kier alpha value is -3.21. The van der Waals surface area contributed by atoms with Crippen LogP contribution >= 0.6 is 0 Å². The van der Waals surface area contributed by atoms with Crippen LogP contribution in [0.2, 0.25) is 0 Å². The summed E-state index contributed by atoms with van der Waals surface area (Å²) in [6.07, 6.45) is 0. The lowest BCUT2D eigenvalue weighted by Gasteiger charge is -2.10. The third-order valence-corrected chi connectivity index (χ3v) is 3.79. The van der Waals surface area contributed by atoms with Gasteiger partial charge in [0.15, 0.2) is 0 Å². The van der Waals surface area contributed by atoms with Gasteiger partial charge in [0.25, 0.3) is 5.91 Å². The van der Waals surface area contributed by atoms with E-state index in [0.29, 0.717) is 11.6 Å². The molecule has 0 aliphatic rings. The third-order valence-electron chi connectivity index (χ3n) is 3.79. The van der Waals surface area contributed by atoms with Crippen LogP contribution in [0.5, 0.6) is 0 Å². The lowest BCUT2D eigenvalue weighted by atomic mass is 10.2. The second-order valence-corrected chi connectivity index (χ2v) is 5.98. The van der Waals surface area contributed by atoms with Gasteiger partial charge in [-0.2, -0.15) is 0 Å². The zero-order chi connectivity index (χ0) is 17.8. The highest BCUT2D eigenvalue weighted by atomic mass is 16.1. The van der Waals surface area contributed by atoms with E-state index in [1.165, 1.54) is 5.56 Å². The number of rotatable bonds is 4. The Morgan fingerprint density at radius 1 is 0.920 bits per heavy atom. The van der Waals surface area contributed by atoms with Crippen LogP contribution in [0.1, 0.15) is 27.3 Å². The first kappa shape index (κ1) is 16.6. The number of nitrogens with zero attached hydrogens (tertiary/aromatic N) is 2.